The van der Waals surface area contributed by atoms with E-state index >= 15 is 0 Å². The number of hydrogen-bond acceptors (Lipinski definition) is 8. The number of nitrogens with one attached hydrogen (secondary N) is 2. The van der Waals surface area contributed by atoms with Crippen molar-refractivity contribution in [3.63, 3.8) is 0 Å². The first kappa shape index (κ1) is 22.4. The Kier molecular flexibility index (Phi) is 6.79. The summed E-state index contributed by atoms with van der Waals surface area (Å²) in [5, 5.41) is 5.78. The topological polar surface area (TPSA) is 120 Å². The van der Waals surface area contributed by atoms with Crippen LogP contribution in [0.3, 0.4) is 0 Å². The van der Waals surface area contributed by atoms with Gasteiger partial charge in [-0.2, -0.15) is 0 Å². The van der Waals surface area contributed by atoms with Crippen LogP contribution in [0.2, 0.25) is 0 Å². The number of amides is 1. The van der Waals surface area contributed by atoms with Crippen LogP contribution in [0, 0.1) is 13.8 Å². The zero-order valence-electron chi connectivity index (χ0n) is 18.1. The highest BCUT2D eigenvalue weighted by atomic mass is 16.5. The molecule has 0 atom stereocenters. The maximum Gasteiger partial charge on any atom is 0.337 e. The third-order valence-corrected chi connectivity index (χ3v) is 4.42. The average molecular weight is 434 g/mol. The van der Waals surface area contributed by atoms with Gasteiger partial charge in [-0.1, -0.05) is 0 Å². The molecule has 2 aromatic carbocycles. The Morgan fingerprint density at radius 2 is 1.25 bits per heavy atom. The average Bonchev–Trinajstić information content (AvgIpc) is 2.77. The smallest absolute Gasteiger partial charge is 0.337 e. The molecule has 9 heteroatoms. The molecule has 1 heterocycles. The van der Waals surface area contributed by atoms with Crippen molar-refractivity contribution in [2.24, 2.45) is 0 Å². The van der Waals surface area contributed by atoms with E-state index in [0.29, 0.717) is 17.2 Å². The van der Waals surface area contributed by atoms with Gasteiger partial charge in [0, 0.05) is 28.3 Å². The standard InChI is InChI=1S/C23H22N4O5/c1-13-9-14(2)25-23(24-13)27-18-7-5-15(6-8-18)20(28)26-19-11-16(21(29)31-3)10-17(12-19)22(30)32-4/h5-12H,1-4H3,(H,26,28)(H,24,25,27). The normalized spacial score (nSPS) is 10.2. The number of aryl methyl sites for hydroxylation is 2. The number of anilines is 3. The van der Waals surface area contributed by atoms with Crippen molar-refractivity contribution in [2.75, 3.05) is 24.9 Å². The van der Waals surface area contributed by atoms with Gasteiger partial charge in [-0.3, -0.25) is 4.79 Å². The zero-order valence-corrected chi connectivity index (χ0v) is 18.1. The van der Waals surface area contributed by atoms with Crippen LogP contribution in [-0.4, -0.2) is 42.0 Å². The third kappa shape index (κ3) is 5.45. The molecule has 32 heavy (non-hydrogen) atoms. The predicted molar refractivity (Wildman–Crippen MR) is 118 cm³/mol. The Bertz CT molecular complexity index is 1120. The number of nitrogens with zero attached hydrogens (tertiary/aromatic N) is 2. The summed E-state index contributed by atoms with van der Waals surface area (Å²) in [6.45, 7) is 3.77. The largest absolute Gasteiger partial charge is 0.465 e. The first-order valence-electron chi connectivity index (χ1n) is 9.61. The van der Waals surface area contributed by atoms with Crippen LogP contribution in [0.4, 0.5) is 17.3 Å². The molecule has 1 amide bonds. The monoisotopic (exact) mass is 434 g/mol. The number of benzene rings is 2. The van der Waals surface area contributed by atoms with Crippen molar-refractivity contribution >= 4 is 35.2 Å². The molecule has 0 radical (unpaired) electrons. The predicted octanol–water partition coefficient (Wildman–Crippen LogP) is 3.66. The van der Waals surface area contributed by atoms with Gasteiger partial charge < -0.3 is 20.1 Å². The molecule has 0 unspecified atom stereocenters. The molecule has 164 valence electrons. The number of rotatable bonds is 6. The first-order chi connectivity index (χ1) is 15.3. The van der Waals surface area contributed by atoms with Crippen LogP contribution < -0.4 is 10.6 Å². The summed E-state index contributed by atoms with van der Waals surface area (Å²) in [5.74, 6) is -1.24. The molecule has 0 bridgehead atoms. The second kappa shape index (κ2) is 9.69. The summed E-state index contributed by atoms with van der Waals surface area (Å²) in [6, 6.07) is 12.8. The Morgan fingerprint density at radius 1 is 0.719 bits per heavy atom. The summed E-state index contributed by atoms with van der Waals surface area (Å²) in [5.41, 5.74) is 3.25. The fourth-order valence-corrected chi connectivity index (χ4v) is 2.99. The molecule has 1 aromatic heterocycles. The number of hydrogen-bond donors (Lipinski definition) is 2. The molecule has 3 aromatic rings. The zero-order chi connectivity index (χ0) is 23.3. The molecule has 2 N–H and O–H groups in total. The van der Waals surface area contributed by atoms with Gasteiger partial charge in [-0.25, -0.2) is 19.6 Å². The lowest BCUT2D eigenvalue weighted by Gasteiger charge is -2.10. The molecule has 9 nitrogen and oxygen atoms in total. The van der Waals surface area contributed by atoms with E-state index in [-0.39, 0.29) is 16.8 Å². The Balaban J connectivity index is 1.78. The molecule has 0 fully saturated rings. The van der Waals surface area contributed by atoms with E-state index in [1.54, 1.807) is 24.3 Å². The SMILES string of the molecule is COC(=O)c1cc(NC(=O)c2ccc(Nc3nc(C)cc(C)n3)cc2)cc(C(=O)OC)c1. The molecular formula is C23H22N4O5. The van der Waals surface area contributed by atoms with Gasteiger partial charge in [0.25, 0.3) is 5.91 Å². The second-order valence-corrected chi connectivity index (χ2v) is 6.91. The van der Waals surface area contributed by atoms with Crippen molar-refractivity contribution in [1.82, 2.24) is 9.97 Å². The fraction of sp³-hybridized carbons (Fsp3) is 0.174. The lowest BCUT2D eigenvalue weighted by Crippen LogP contribution is -2.14. The van der Waals surface area contributed by atoms with Crippen molar-refractivity contribution < 1.29 is 23.9 Å². The number of ether oxygens (including phenoxy) is 2. The van der Waals surface area contributed by atoms with Crippen molar-refractivity contribution in [3.8, 4) is 0 Å². The van der Waals surface area contributed by atoms with E-state index in [2.05, 4.69) is 20.6 Å². The summed E-state index contributed by atoms with van der Waals surface area (Å²) in [4.78, 5) is 45.2. The van der Waals surface area contributed by atoms with Gasteiger partial charge >= 0.3 is 11.9 Å². The molecule has 3 rings (SSSR count). The van der Waals surface area contributed by atoms with Crippen LogP contribution in [0.1, 0.15) is 42.5 Å². The minimum absolute atomic E-state index is 0.110. The minimum atomic E-state index is -0.643. The Labute approximate surface area is 184 Å². The van der Waals surface area contributed by atoms with Gasteiger partial charge in [0.05, 0.1) is 25.3 Å². The van der Waals surface area contributed by atoms with E-state index < -0.39 is 17.8 Å². The summed E-state index contributed by atoms with van der Waals surface area (Å²) >= 11 is 0. The van der Waals surface area contributed by atoms with E-state index in [4.69, 9.17) is 9.47 Å². The maximum absolute atomic E-state index is 12.7. The van der Waals surface area contributed by atoms with Crippen LogP contribution in [0.15, 0.2) is 48.5 Å². The van der Waals surface area contributed by atoms with Crippen LogP contribution in [-0.2, 0) is 9.47 Å². The summed E-state index contributed by atoms with van der Waals surface area (Å²) in [7, 11) is 2.45. The number of carbonyl (C=O) groups is 3. The molecule has 0 saturated carbocycles. The van der Waals surface area contributed by atoms with Crippen molar-refractivity contribution in [2.45, 2.75) is 13.8 Å². The number of aromatic nitrogens is 2. The van der Waals surface area contributed by atoms with Crippen LogP contribution in [0.5, 0.6) is 0 Å². The van der Waals surface area contributed by atoms with Crippen LogP contribution in [0.25, 0.3) is 0 Å². The van der Waals surface area contributed by atoms with Gasteiger partial charge in [0.2, 0.25) is 5.95 Å². The quantitative estimate of drug-likeness (QED) is 0.564. The number of carbonyl (C=O) groups excluding carboxylic acids is 3. The van der Waals surface area contributed by atoms with E-state index in [1.165, 1.54) is 32.4 Å². The summed E-state index contributed by atoms with van der Waals surface area (Å²) < 4.78 is 9.41. The lowest BCUT2D eigenvalue weighted by atomic mass is 10.1. The highest BCUT2D eigenvalue weighted by Gasteiger charge is 2.15. The highest BCUT2D eigenvalue weighted by Crippen LogP contribution is 2.19. The van der Waals surface area contributed by atoms with E-state index in [1.807, 2.05) is 19.9 Å². The number of methoxy groups -OCH3 is 2. The first-order valence-corrected chi connectivity index (χ1v) is 9.61. The Morgan fingerprint density at radius 3 is 1.75 bits per heavy atom. The molecule has 0 aliphatic carbocycles. The fourth-order valence-electron chi connectivity index (χ4n) is 2.99. The van der Waals surface area contributed by atoms with Gasteiger partial charge in [0.1, 0.15) is 0 Å². The molecule has 0 aliphatic heterocycles. The Hall–Kier alpha value is -4.27. The van der Waals surface area contributed by atoms with Gasteiger partial charge in [-0.15, -0.1) is 0 Å². The van der Waals surface area contributed by atoms with E-state index in [9.17, 15) is 14.4 Å². The number of esters is 2. The third-order valence-electron chi connectivity index (χ3n) is 4.42. The van der Waals surface area contributed by atoms with E-state index in [0.717, 1.165) is 11.4 Å². The second-order valence-electron chi connectivity index (χ2n) is 6.91. The van der Waals surface area contributed by atoms with Gasteiger partial charge in [0.15, 0.2) is 0 Å². The molecular weight excluding hydrogens is 412 g/mol. The molecule has 0 aliphatic rings. The van der Waals surface area contributed by atoms with Crippen LogP contribution >= 0.6 is 0 Å². The highest BCUT2D eigenvalue weighted by molar-refractivity contribution is 6.06. The lowest BCUT2D eigenvalue weighted by molar-refractivity contribution is 0.0599. The minimum Gasteiger partial charge on any atom is -0.465 e. The van der Waals surface area contributed by atoms with Crippen molar-refractivity contribution in [3.05, 3.63) is 76.6 Å². The molecule has 0 saturated heterocycles. The van der Waals surface area contributed by atoms with Gasteiger partial charge in [-0.05, 0) is 62.4 Å². The maximum atomic E-state index is 12.7. The summed E-state index contributed by atoms with van der Waals surface area (Å²) in [6.07, 6.45) is 0. The molecule has 0 spiro atoms. The van der Waals surface area contributed by atoms with Crippen molar-refractivity contribution in [1.29, 1.82) is 0 Å².